The van der Waals surface area contributed by atoms with E-state index >= 15 is 0 Å². The second kappa shape index (κ2) is 4.37. The molecule has 2 amide bonds. The number of anilines is 1. The molecule has 5 N–H and O–H groups in total. The molecule has 0 aliphatic carbocycles. The molecule has 1 aromatic carbocycles. The van der Waals surface area contributed by atoms with E-state index in [9.17, 15) is 4.79 Å². The van der Waals surface area contributed by atoms with Crippen molar-refractivity contribution in [1.29, 1.82) is 0 Å². The summed E-state index contributed by atoms with van der Waals surface area (Å²) in [7, 11) is 0. The SMILES string of the molecule is CCCc1cccc2c1NN(C(N)=O)C=C2N. The molecular weight excluding hydrogens is 216 g/mol. The van der Waals surface area contributed by atoms with Crippen molar-refractivity contribution in [1.82, 2.24) is 5.01 Å². The smallest absolute Gasteiger partial charge is 0.337 e. The number of urea groups is 1. The Hall–Kier alpha value is -2.17. The van der Waals surface area contributed by atoms with Crippen LogP contribution in [0.5, 0.6) is 0 Å². The fourth-order valence-corrected chi connectivity index (χ4v) is 1.93. The molecule has 17 heavy (non-hydrogen) atoms. The summed E-state index contributed by atoms with van der Waals surface area (Å²) in [6, 6.07) is 5.33. The molecule has 1 aliphatic heterocycles. The molecule has 2 rings (SSSR count). The number of aryl methyl sites for hydroxylation is 1. The molecule has 0 unspecified atom stereocenters. The highest BCUT2D eigenvalue weighted by Gasteiger charge is 2.19. The lowest BCUT2D eigenvalue weighted by atomic mass is 10.0. The van der Waals surface area contributed by atoms with Gasteiger partial charge in [-0.25, -0.2) is 9.80 Å². The van der Waals surface area contributed by atoms with Crippen molar-refractivity contribution in [3.05, 3.63) is 35.5 Å². The number of hydrogen-bond donors (Lipinski definition) is 3. The minimum Gasteiger partial charge on any atom is -0.397 e. The van der Waals surface area contributed by atoms with E-state index in [0.717, 1.165) is 29.7 Å². The summed E-state index contributed by atoms with van der Waals surface area (Å²) in [6.07, 6.45) is 3.45. The van der Waals surface area contributed by atoms with E-state index in [0.29, 0.717) is 5.70 Å². The maximum absolute atomic E-state index is 11.2. The summed E-state index contributed by atoms with van der Waals surface area (Å²) in [4.78, 5) is 11.2. The van der Waals surface area contributed by atoms with Crippen LogP contribution < -0.4 is 16.9 Å². The van der Waals surface area contributed by atoms with Crippen LogP contribution in [0.3, 0.4) is 0 Å². The average molecular weight is 232 g/mol. The first-order valence-electron chi connectivity index (χ1n) is 5.58. The van der Waals surface area contributed by atoms with Crippen molar-refractivity contribution in [3.63, 3.8) is 0 Å². The highest BCUT2D eigenvalue weighted by molar-refractivity contribution is 5.85. The minimum atomic E-state index is -0.579. The molecule has 0 saturated heterocycles. The lowest BCUT2D eigenvalue weighted by Crippen LogP contribution is -2.39. The molecule has 5 heteroatoms. The number of benzene rings is 1. The Bertz CT molecular complexity index is 481. The maximum atomic E-state index is 11.2. The third-order valence-electron chi connectivity index (χ3n) is 2.72. The van der Waals surface area contributed by atoms with Crippen LogP contribution in [-0.4, -0.2) is 11.0 Å². The summed E-state index contributed by atoms with van der Waals surface area (Å²) < 4.78 is 0. The van der Waals surface area contributed by atoms with Crippen molar-refractivity contribution in [2.45, 2.75) is 19.8 Å². The number of primary amides is 1. The van der Waals surface area contributed by atoms with Crippen molar-refractivity contribution >= 4 is 17.4 Å². The largest absolute Gasteiger partial charge is 0.397 e. The number of carbonyl (C=O) groups is 1. The van der Waals surface area contributed by atoms with E-state index in [4.69, 9.17) is 11.5 Å². The first-order valence-corrected chi connectivity index (χ1v) is 5.58. The maximum Gasteiger partial charge on any atom is 0.337 e. The monoisotopic (exact) mass is 232 g/mol. The predicted octanol–water partition coefficient (Wildman–Crippen LogP) is 1.62. The fraction of sp³-hybridized carbons (Fsp3) is 0.250. The molecule has 0 fully saturated rings. The summed E-state index contributed by atoms with van der Waals surface area (Å²) in [5.74, 6) is 0. The molecule has 1 aliphatic rings. The van der Waals surface area contributed by atoms with Gasteiger partial charge in [0.15, 0.2) is 0 Å². The van der Waals surface area contributed by atoms with E-state index in [1.54, 1.807) is 0 Å². The Morgan fingerprint density at radius 2 is 2.24 bits per heavy atom. The van der Waals surface area contributed by atoms with Gasteiger partial charge in [-0.1, -0.05) is 31.5 Å². The van der Waals surface area contributed by atoms with Crippen LogP contribution >= 0.6 is 0 Å². The van der Waals surface area contributed by atoms with Crippen LogP contribution in [-0.2, 0) is 6.42 Å². The van der Waals surface area contributed by atoms with Crippen molar-refractivity contribution < 1.29 is 4.79 Å². The molecule has 0 saturated carbocycles. The van der Waals surface area contributed by atoms with Crippen LogP contribution in [0.15, 0.2) is 24.4 Å². The molecule has 0 aromatic heterocycles. The van der Waals surface area contributed by atoms with Crippen LogP contribution in [0.4, 0.5) is 10.5 Å². The summed E-state index contributed by atoms with van der Waals surface area (Å²) >= 11 is 0. The van der Waals surface area contributed by atoms with E-state index in [-0.39, 0.29) is 0 Å². The summed E-state index contributed by atoms with van der Waals surface area (Å²) in [5, 5.41) is 1.21. The number of rotatable bonds is 2. The van der Waals surface area contributed by atoms with Gasteiger partial charge in [-0.15, -0.1) is 0 Å². The Morgan fingerprint density at radius 3 is 2.88 bits per heavy atom. The van der Waals surface area contributed by atoms with Gasteiger partial charge in [0, 0.05) is 5.56 Å². The zero-order valence-electron chi connectivity index (χ0n) is 9.73. The highest BCUT2D eigenvalue weighted by atomic mass is 16.2. The number of nitrogens with two attached hydrogens (primary N) is 2. The number of para-hydroxylation sites is 1. The highest BCUT2D eigenvalue weighted by Crippen LogP contribution is 2.30. The second-order valence-electron chi connectivity index (χ2n) is 3.99. The molecule has 0 spiro atoms. The number of hydrogen-bond acceptors (Lipinski definition) is 3. The van der Waals surface area contributed by atoms with Crippen molar-refractivity contribution in [2.75, 3.05) is 5.43 Å². The fourth-order valence-electron chi connectivity index (χ4n) is 1.93. The average Bonchev–Trinajstić information content (AvgIpc) is 2.30. The van der Waals surface area contributed by atoms with E-state index in [2.05, 4.69) is 12.3 Å². The Morgan fingerprint density at radius 1 is 1.47 bits per heavy atom. The number of nitrogens with zero attached hydrogens (tertiary/aromatic N) is 1. The number of amides is 2. The number of hydrazine groups is 1. The van der Waals surface area contributed by atoms with Crippen molar-refractivity contribution in [2.24, 2.45) is 11.5 Å². The van der Waals surface area contributed by atoms with Gasteiger partial charge in [-0.3, -0.25) is 5.43 Å². The van der Waals surface area contributed by atoms with Gasteiger partial charge in [-0.2, -0.15) is 0 Å². The normalized spacial score (nSPS) is 13.7. The summed E-state index contributed by atoms with van der Waals surface area (Å²) in [6.45, 7) is 2.10. The van der Waals surface area contributed by atoms with E-state index in [1.165, 1.54) is 11.2 Å². The number of carbonyl (C=O) groups excluding carboxylic acids is 1. The third-order valence-corrected chi connectivity index (χ3v) is 2.72. The third kappa shape index (κ3) is 2.04. The predicted molar refractivity (Wildman–Crippen MR) is 67.6 cm³/mol. The van der Waals surface area contributed by atoms with Gasteiger partial charge in [0.1, 0.15) is 0 Å². The molecule has 0 bridgehead atoms. The van der Waals surface area contributed by atoms with E-state index < -0.39 is 6.03 Å². The number of fused-ring (bicyclic) bond motifs is 1. The Balaban J connectivity index is 2.46. The number of nitrogens with one attached hydrogen (secondary N) is 1. The Labute approximate surface area is 100 Å². The van der Waals surface area contributed by atoms with Gasteiger partial charge >= 0.3 is 6.03 Å². The van der Waals surface area contributed by atoms with Crippen LogP contribution in [0.1, 0.15) is 24.5 Å². The second-order valence-corrected chi connectivity index (χ2v) is 3.99. The molecule has 0 radical (unpaired) electrons. The van der Waals surface area contributed by atoms with Gasteiger partial charge in [-0.05, 0) is 12.0 Å². The Kier molecular flexibility index (Phi) is 2.91. The molecule has 0 atom stereocenters. The first kappa shape index (κ1) is 11.3. The minimum absolute atomic E-state index is 0.538. The standard InChI is InChI=1S/C12H16N4O/c1-2-4-8-5-3-6-9-10(13)7-16(12(14)17)15-11(8)9/h3,5-7,15H,2,4,13H2,1H3,(H2,14,17). The lowest BCUT2D eigenvalue weighted by molar-refractivity contribution is 0.231. The lowest BCUT2D eigenvalue weighted by Gasteiger charge is -2.27. The zero-order valence-corrected chi connectivity index (χ0v) is 9.73. The van der Waals surface area contributed by atoms with Gasteiger partial charge in [0.25, 0.3) is 0 Å². The van der Waals surface area contributed by atoms with Crippen LogP contribution in [0, 0.1) is 0 Å². The zero-order chi connectivity index (χ0) is 12.4. The van der Waals surface area contributed by atoms with Crippen LogP contribution in [0.25, 0.3) is 5.70 Å². The van der Waals surface area contributed by atoms with Crippen molar-refractivity contribution in [3.8, 4) is 0 Å². The van der Waals surface area contributed by atoms with Gasteiger partial charge in [0.05, 0.1) is 17.6 Å². The van der Waals surface area contributed by atoms with Crippen LogP contribution in [0.2, 0.25) is 0 Å². The first-order chi connectivity index (χ1) is 8.13. The molecule has 5 nitrogen and oxygen atoms in total. The van der Waals surface area contributed by atoms with Gasteiger partial charge in [0.2, 0.25) is 0 Å². The van der Waals surface area contributed by atoms with E-state index in [1.807, 2.05) is 18.2 Å². The molecular formula is C12H16N4O. The summed E-state index contributed by atoms with van der Waals surface area (Å²) in [5.41, 5.74) is 17.6. The molecule has 1 aromatic rings. The van der Waals surface area contributed by atoms with Gasteiger partial charge < -0.3 is 11.5 Å². The topological polar surface area (TPSA) is 84.4 Å². The molecule has 1 heterocycles. The molecule has 90 valence electrons. The quantitative estimate of drug-likeness (QED) is 0.724.